The molecule has 1 aromatic carbocycles. The number of carbonyl (C=O) groups is 1. The lowest BCUT2D eigenvalue weighted by atomic mass is 10.1. The van der Waals surface area contributed by atoms with Crippen LogP contribution in [0.1, 0.15) is 30.1 Å². The summed E-state index contributed by atoms with van der Waals surface area (Å²) in [6.45, 7) is 2.57. The second kappa shape index (κ2) is 6.85. The number of nitrogens with one attached hydrogen (secondary N) is 1. The molecule has 0 aliphatic heterocycles. The van der Waals surface area contributed by atoms with Crippen LogP contribution in [0.4, 0.5) is 0 Å². The molecule has 0 saturated heterocycles. The van der Waals surface area contributed by atoms with Gasteiger partial charge in [-0.25, -0.2) is 0 Å². The number of amides is 1. The number of hydrogen-bond donors (Lipinski definition) is 2. The van der Waals surface area contributed by atoms with Crippen LogP contribution < -0.4 is 11.1 Å². The largest absolute Gasteiger partial charge is 0.348 e. The quantitative estimate of drug-likeness (QED) is 0.812. The number of hydrogen-bond acceptors (Lipinski definition) is 2. The first kappa shape index (κ1) is 13.4. The van der Waals surface area contributed by atoms with Crippen molar-refractivity contribution in [3.8, 4) is 0 Å². The van der Waals surface area contributed by atoms with Crippen molar-refractivity contribution in [2.24, 2.45) is 5.73 Å². The average molecular weight is 332 g/mol. The molecule has 0 saturated carbocycles. The van der Waals surface area contributed by atoms with Gasteiger partial charge in [0.2, 0.25) is 0 Å². The molecule has 0 bridgehead atoms. The van der Waals surface area contributed by atoms with Gasteiger partial charge in [-0.15, -0.1) is 0 Å². The Morgan fingerprint density at radius 2 is 2.06 bits per heavy atom. The van der Waals surface area contributed by atoms with E-state index in [1.54, 1.807) is 0 Å². The van der Waals surface area contributed by atoms with Crippen LogP contribution >= 0.6 is 22.6 Å². The molecule has 88 valence electrons. The monoisotopic (exact) mass is 332 g/mol. The molecule has 0 aromatic heterocycles. The lowest BCUT2D eigenvalue weighted by Gasteiger charge is -2.15. The van der Waals surface area contributed by atoms with E-state index in [1.807, 2.05) is 24.3 Å². The number of carbonyl (C=O) groups excluding carboxylic acids is 1. The minimum absolute atomic E-state index is 0.0414. The van der Waals surface area contributed by atoms with Crippen molar-refractivity contribution in [1.29, 1.82) is 0 Å². The van der Waals surface area contributed by atoms with Gasteiger partial charge in [-0.05, 0) is 53.3 Å². The highest BCUT2D eigenvalue weighted by Crippen LogP contribution is 2.07. The maximum atomic E-state index is 11.8. The van der Waals surface area contributed by atoms with Gasteiger partial charge in [-0.1, -0.05) is 13.3 Å². The van der Waals surface area contributed by atoms with Crippen molar-refractivity contribution < 1.29 is 4.79 Å². The minimum Gasteiger partial charge on any atom is -0.348 e. The van der Waals surface area contributed by atoms with E-state index >= 15 is 0 Å². The normalized spacial score (nSPS) is 12.2. The molecule has 0 aliphatic rings. The van der Waals surface area contributed by atoms with E-state index in [9.17, 15) is 4.79 Å². The van der Waals surface area contributed by atoms with Gasteiger partial charge in [-0.3, -0.25) is 4.79 Å². The number of halogens is 1. The van der Waals surface area contributed by atoms with Gasteiger partial charge >= 0.3 is 0 Å². The lowest BCUT2D eigenvalue weighted by molar-refractivity contribution is 0.0936. The van der Waals surface area contributed by atoms with Crippen molar-refractivity contribution in [3.63, 3.8) is 0 Å². The SMILES string of the molecule is CCCC(CN)NC(=O)c1ccc(I)cc1. The molecule has 0 fully saturated rings. The third-order valence-corrected chi connectivity index (χ3v) is 3.08. The molecule has 1 amide bonds. The van der Waals surface area contributed by atoms with Gasteiger partial charge in [0.05, 0.1) is 0 Å². The second-order valence-electron chi connectivity index (χ2n) is 3.70. The molecule has 0 radical (unpaired) electrons. The highest BCUT2D eigenvalue weighted by atomic mass is 127. The molecule has 0 spiro atoms. The van der Waals surface area contributed by atoms with Crippen LogP contribution in [0.5, 0.6) is 0 Å². The molecule has 1 atom stereocenters. The molecular formula is C12H17IN2O. The summed E-state index contributed by atoms with van der Waals surface area (Å²) in [6.07, 6.45) is 1.95. The maximum Gasteiger partial charge on any atom is 0.251 e. The molecule has 1 aromatic rings. The molecule has 16 heavy (non-hydrogen) atoms. The average Bonchev–Trinajstić information content (AvgIpc) is 2.29. The fourth-order valence-corrected chi connectivity index (χ4v) is 1.83. The Bertz CT molecular complexity index is 337. The zero-order valence-electron chi connectivity index (χ0n) is 9.37. The van der Waals surface area contributed by atoms with E-state index in [0.29, 0.717) is 12.1 Å². The first-order valence-electron chi connectivity index (χ1n) is 5.44. The zero-order valence-corrected chi connectivity index (χ0v) is 11.5. The summed E-state index contributed by atoms with van der Waals surface area (Å²) in [4.78, 5) is 11.8. The van der Waals surface area contributed by atoms with E-state index in [2.05, 4.69) is 34.8 Å². The Balaban J connectivity index is 2.60. The Morgan fingerprint density at radius 3 is 2.56 bits per heavy atom. The Morgan fingerprint density at radius 1 is 1.44 bits per heavy atom. The van der Waals surface area contributed by atoms with Gasteiger partial charge in [-0.2, -0.15) is 0 Å². The summed E-state index contributed by atoms with van der Waals surface area (Å²) in [5, 5.41) is 2.94. The predicted molar refractivity (Wildman–Crippen MR) is 74.4 cm³/mol. The molecule has 0 aliphatic carbocycles. The summed E-state index contributed by atoms with van der Waals surface area (Å²) in [6, 6.07) is 7.59. The topological polar surface area (TPSA) is 55.1 Å². The van der Waals surface area contributed by atoms with Gasteiger partial charge in [0, 0.05) is 21.7 Å². The minimum atomic E-state index is -0.0414. The first-order chi connectivity index (χ1) is 7.67. The summed E-state index contributed by atoms with van der Waals surface area (Å²) in [7, 11) is 0. The predicted octanol–water partition coefficient (Wildman–Crippen LogP) is 2.15. The highest BCUT2D eigenvalue weighted by Gasteiger charge is 2.11. The van der Waals surface area contributed by atoms with Crippen LogP contribution in [0, 0.1) is 3.57 Å². The molecular weight excluding hydrogens is 315 g/mol. The maximum absolute atomic E-state index is 11.8. The van der Waals surface area contributed by atoms with Crippen LogP contribution in [0.15, 0.2) is 24.3 Å². The third-order valence-electron chi connectivity index (χ3n) is 2.36. The molecule has 1 unspecified atom stereocenters. The Labute approximate surface area is 110 Å². The van der Waals surface area contributed by atoms with Gasteiger partial charge < -0.3 is 11.1 Å². The first-order valence-corrected chi connectivity index (χ1v) is 6.51. The van der Waals surface area contributed by atoms with Crippen LogP contribution in [-0.2, 0) is 0 Å². The summed E-state index contributed by atoms with van der Waals surface area (Å²) >= 11 is 2.21. The second-order valence-corrected chi connectivity index (χ2v) is 4.95. The van der Waals surface area contributed by atoms with E-state index in [1.165, 1.54) is 0 Å². The van der Waals surface area contributed by atoms with Crippen LogP contribution in [0.3, 0.4) is 0 Å². The molecule has 4 heteroatoms. The standard InChI is InChI=1S/C12H17IN2O/c1-2-3-11(8-14)15-12(16)9-4-6-10(13)7-5-9/h4-7,11H,2-3,8,14H2,1H3,(H,15,16). The van der Waals surface area contributed by atoms with Crippen LogP contribution in [0.2, 0.25) is 0 Å². The van der Waals surface area contributed by atoms with Crippen molar-refractivity contribution in [3.05, 3.63) is 33.4 Å². The Kier molecular flexibility index (Phi) is 5.76. The van der Waals surface area contributed by atoms with Crippen molar-refractivity contribution in [2.75, 3.05) is 6.54 Å². The van der Waals surface area contributed by atoms with E-state index in [4.69, 9.17) is 5.73 Å². The van der Waals surface area contributed by atoms with Gasteiger partial charge in [0.15, 0.2) is 0 Å². The summed E-state index contributed by atoms with van der Waals surface area (Å²) in [5.74, 6) is -0.0414. The zero-order chi connectivity index (χ0) is 12.0. The van der Waals surface area contributed by atoms with Gasteiger partial charge in [0.25, 0.3) is 5.91 Å². The third kappa shape index (κ3) is 4.09. The molecule has 3 N–H and O–H groups in total. The number of rotatable bonds is 5. The van der Waals surface area contributed by atoms with Crippen molar-refractivity contribution in [2.45, 2.75) is 25.8 Å². The lowest BCUT2D eigenvalue weighted by Crippen LogP contribution is -2.40. The van der Waals surface area contributed by atoms with Crippen molar-refractivity contribution >= 4 is 28.5 Å². The molecule has 0 heterocycles. The molecule has 3 nitrogen and oxygen atoms in total. The van der Waals surface area contributed by atoms with E-state index < -0.39 is 0 Å². The van der Waals surface area contributed by atoms with E-state index in [0.717, 1.165) is 16.4 Å². The summed E-state index contributed by atoms with van der Waals surface area (Å²) in [5.41, 5.74) is 6.28. The van der Waals surface area contributed by atoms with Crippen molar-refractivity contribution in [1.82, 2.24) is 5.32 Å². The summed E-state index contributed by atoms with van der Waals surface area (Å²) < 4.78 is 1.12. The fourth-order valence-electron chi connectivity index (χ4n) is 1.47. The number of benzene rings is 1. The van der Waals surface area contributed by atoms with Crippen LogP contribution in [-0.4, -0.2) is 18.5 Å². The van der Waals surface area contributed by atoms with E-state index in [-0.39, 0.29) is 11.9 Å². The fraction of sp³-hybridized carbons (Fsp3) is 0.417. The highest BCUT2D eigenvalue weighted by molar-refractivity contribution is 14.1. The van der Waals surface area contributed by atoms with Gasteiger partial charge in [0.1, 0.15) is 0 Å². The Hall–Kier alpha value is -0.620. The smallest absolute Gasteiger partial charge is 0.251 e. The van der Waals surface area contributed by atoms with Crippen LogP contribution in [0.25, 0.3) is 0 Å². The number of nitrogens with two attached hydrogens (primary N) is 1. The molecule has 1 rings (SSSR count).